The Labute approximate surface area is 133 Å². The average Bonchev–Trinajstić information content (AvgIpc) is 2.97. The Kier molecular flexibility index (Phi) is 3.97. The number of nitrogens with one attached hydrogen (secondary N) is 1. The molecule has 4 rings (SSSR count). The second-order valence-corrected chi connectivity index (χ2v) is 6.84. The summed E-state index contributed by atoms with van der Waals surface area (Å²) < 4.78 is 5.78. The quantitative estimate of drug-likeness (QED) is 0.895. The Balaban J connectivity index is 1.32. The molecule has 2 saturated heterocycles. The summed E-state index contributed by atoms with van der Waals surface area (Å²) in [5, 5.41) is 3.50. The highest BCUT2D eigenvalue weighted by Crippen LogP contribution is 2.49. The standard InChI is InChI=1S/C18H27N3O/c1-2-22-18-6-4-3-5-17(18)21-9-7-20(8-10-21)13-16-14-11-19-12-15(14)16/h3-6,14-16,19H,2,7-13H2,1H3. The fourth-order valence-corrected chi connectivity index (χ4v) is 4.28. The summed E-state index contributed by atoms with van der Waals surface area (Å²) in [6, 6.07) is 8.45. The molecule has 3 fully saturated rings. The third-order valence-electron chi connectivity index (χ3n) is 5.62. The van der Waals surface area contributed by atoms with Crippen molar-refractivity contribution in [2.45, 2.75) is 6.92 Å². The van der Waals surface area contributed by atoms with Crippen molar-refractivity contribution >= 4 is 5.69 Å². The summed E-state index contributed by atoms with van der Waals surface area (Å²) >= 11 is 0. The van der Waals surface area contributed by atoms with Crippen LogP contribution in [0.2, 0.25) is 0 Å². The van der Waals surface area contributed by atoms with Crippen LogP contribution in [0.5, 0.6) is 5.75 Å². The van der Waals surface area contributed by atoms with Gasteiger partial charge in [-0.15, -0.1) is 0 Å². The lowest BCUT2D eigenvalue weighted by Gasteiger charge is -2.37. The fraction of sp³-hybridized carbons (Fsp3) is 0.667. The molecule has 120 valence electrons. The molecule has 0 aromatic heterocycles. The number of benzene rings is 1. The maximum absolute atomic E-state index is 5.78. The van der Waals surface area contributed by atoms with E-state index in [4.69, 9.17) is 4.74 Å². The first-order valence-electron chi connectivity index (χ1n) is 8.76. The van der Waals surface area contributed by atoms with Crippen molar-refractivity contribution in [3.8, 4) is 5.75 Å². The van der Waals surface area contributed by atoms with E-state index in [9.17, 15) is 0 Å². The number of para-hydroxylation sites is 2. The number of anilines is 1. The molecule has 0 spiro atoms. The third-order valence-corrected chi connectivity index (χ3v) is 5.62. The first kappa shape index (κ1) is 14.3. The van der Waals surface area contributed by atoms with Crippen LogP contribution in [-0.4, -0.2) is 57.3 Å². The van der Waals surface area contributed by atoms with Crippen molar-refractivity contribution < 1.29 is 4.74 Å². The monoisotopic (exact) mass is 301 g/mol. The molecule has 1 aliphatic carbocycles. The molecule has 3 aliphatic rings. The van der Waals surface area contributed by atoms with Gasteiger partial charge in [0.25, 0.3) is 0 Å². The Bertz CT molecular complexity index is 503. The zero-order valence-corrected chi connectivity index (χ0v) is 13.5. The number of nitrogens with zero attached hydrogens (tertiary/aromatic N) is 2. The highest BCUT2D eigenvalue weighted by molar-refractivity contribution is 5.58. The summed E-state index contributed by atoms with van der Waals surface area (Å²) in [7, 11) is 0. The van der Waals surface area contributed by atoms with Crippen molar-refractivity contribution in [2.24, 2.45) is 17.8 Å². The van der Waals surface area contributed by atoms with E-state index in [0.717, 1.165) is 43.2 Å². The Morgan fingerprint density at radius 3 is 2.55 bits per heavy atom. The highest BCUT2D eigenvalue weighted by atomic mass is 16.5. The first-order valence-corrected chi connectivity index (χ1v) is 8.76. The molecule has 2 heterocycles. The molecule has 0 amide bonds. The molecule has 0 bridgehead atoms. The molecule has 22 heavy (non-hydrogen) atoms. The van der Waals surface area contributed by atoms with Crippen LogP contribution >= 0.6 is 0 Å². The van der Waals surface area contributed by atoms with E-state index < -0.39 is 0 Å². The van der Waals surface area contributed by atoms with Gasteiger partial charge in [-0.2, -0.15) is 0 Å². The van der Waals surface area contributed by atoms with Crippen LogP contribution in [0.15, 0.2) is 24.3 Å². The highest BCUT2D eigenvalue weighted by Gasteiger charge is 2.52. The molecule has 4 heteroatoms. The normalized spacial score (nSPS) is 31.1. The molecule has 1 aromatic rings. The minimum Gasteiger partial charge on any atom is -0.492 e. The lowest BCUT2D eigenvalue weighted by molar-refractivity contribution is 0.236. The van der Waals surface area contributed by atoms with Crippen LogP contribution in [0.4, 0.5) is 5.69 Å². The van der Waals surface area contributed by atoms with Gasteiger partial charge in [-0.3, -0.25) is 4.90 Å². The van der Waals surface area contributed by atoms with Crippen molar-refractivity contribution in [1.82, 2.24) is 10.2 Å². The predicted molar refractivity (Wildman–Crippen MR) is 89.6 cm³/mol. The number of rotatable bonds is 5. The van der Waals surface area contributed by atoms with E-state index in [1.807, 2.05) is 0 Å². The average molecular weight is 301 g/mol. The van der Waals surface area contributed by atoms with Gasteiger partial charge < -0.3 is 15.0 Å². The Morgan fingerprint density at radius 2 is 1.82 bits per heavy atom. The van der Waals surface area contributed by atoms with Crippen molar-refractivity contribution in [1.29, 1.82) is 0 Å². The predicted octanol–water partition coefficient (Wildman–Crippen LogP) is 1.67. The minimum absolute atomic E-state index is 0.732. The van der Waals surface area contributed by atoms with E-state index in [-0.39, 0.29) is 0 Å². The van der Waals surface area contributed by atoms with Gasteiger partial charge in [0.2, 0.25) is 0 Å². The number of hydrogen-bond acceptors (Lipinski definition) is 4. The van der Waals surface area contributed by atoms with Crippen molar-refractivity contribution in [3.05, 3.63) is 24.3 Å². The van der Waals surface area contributed by atoms with Crippen LogP contribution < -0.4 is 15.0 Å². The van der Waals surface area contributed by atoms with Crippen molar-refractivity contribution in [2.75, 3.05) is 57.3 Å². The largest absolute Gasteiger partial charge is 0.492 e. The maximum Gasteiger partial charge on any atom is 0.142 e. The number of fused-ring (bicyclic) bond motifs is 1. The van der Waals surface area contributed by atoms with Gasteiger partial charge in [0.15, 0.2) is 0 Å². The minimum atomic E-state index is 0.732. The molecule has 1 aromatic carbocycles. The van der Waals surface area contributed by atoms with E-state index in [2.05, 4.69) is 46.3 Å². The summed E-state index contributed by atoms with van der Waals surface area (Å²) in [6.45, 7) is 11.2. The second-order valence-electron chi connectivity index (χ2n) is 6.84. The Morgan fingerprint density at radius 1 is 1.09 bits per heavy atom. The smallest absolute Gasteiger partial charge is 0.142 e. The van der Waals surface area contributed by atoms with E-state index >= 15 is 0 Å². The van der Waals surface area contributed by atoms with Crippen LogP contribution in [0.25, 0.3) is 0 Å². The van der Waals surface area contributed by atoms with Crippen LogP contribution in [0.3, 0.4) is 0 Å². The van der Waals surface area contributed by atoms with E-state index in [0.29, 0.717) is 0 Å². The number of hydrogen-bond donors (Lipinski definition) is 1. The molecular formula is C18H27N3O. The molecule has 1 N–H and O–H groups in total. The maximum atomic E-state index is 5.78. The van der Waals surface area contributed by atoms with Gasteiger partial charge in [0.1, 0.15) is 5.75 Å². The van der Waals surface area contributed by atoms with Crippen LogP contribution in [0.1, 0.15) is 6.92 Å². The summed E-state index contributed by atoms with van der Waals surface area (Å²) in [6.07, 6.45) is 0. The van der Waals surface area contributed by atoms with E-state index in [1.54, 1.807) is 0 Å². The SMILES string of the molecule is CCOc1ccccc1N1CCN(CC2C3CNCC32)CC1. The second kappa shape index (κ2) is 6.09. The topological polar surface area (TPSA) is 27.7 Å². The summed E-state index contributed by atoms with van der Waals surface area (Å²) in [5.74, 6) is 3.97. The van der Waals surface area contributed by atoms with Crippen LogP contribution in [-0.2, 0) is 0 Å². The number of piperazine rings is 1. The van der Waals surface area contributed by atoms with Gasteiger partial charge in [0.05, 0.1) is 12.3 Å². The molecule has 4 nitrogen and oxygen atoms in total. The molecule has 1 saturated carbocycles. The lowest BCUT2D eigenvalue weighted by Crippen LogP contribution is -2.47. The van der Waals surface area contributed by atoms with Gasteiger partial charge in [-0.25, -0.2) is 0 Å². The van der Waals surface area contributed by atoms with E-state index in [1.165, 1.54) is 38.4 Å². The van der Waals surface area contributed by atoms with Gasteiger partial charge in [0, 0.05) is 32.7 Å². The zero-order valence-electron chi connectivity index (χ0n) is 13.5. The summed E-state index contributed by atoms with van der Waals surface area (Å²) in [4.78, 5) is 5.15. The van der Waals surface area contributed by atoms with Crippen molar-refractivity contribution in [3.63, 3.8) is 0 Å². The van der Waals surface area contributed by atoms with Crippen LogP contribution in [0, 0.1) is 17.8 Å². The number of piperidine rings is 1. The fourth-order valence-electron chi connectivity index (χ4n) is 4.28. The molecule has 2 unspecified atom stereocenters. The van der Waals surface area contributed by atoms with Gasteiger partial charge in [-0.1, -0.05) is 12.1 Å². The molecule has 2 aliphatic heterocycles. The summed E-state index contributed by atoms with van der Waals surface area (Å²) in [5.41, 5.74) is 1.26. The Hall–Kier alpha value is -1.26. The lowest BCUT2D eigenvalue weighted by atomic mass is 10.2. The third kappa shape index (κ3) is 2.70. The number of ether oxygens (including phenoxy) is 1. The zero-order chi connectivity index (χ0) is 14.9. The molecule has 0 radical (unpaired) electrons. The first-order chi connectivity index (χ1) is 10.9. The van der Waals surface area contributed by atoms with Gasteiger partial charge in [-0.05, 0) is 49.9 Å². The molecule has 2 atom stereocenters. The van der Waals surface area contributed by atoms with Gasteiger partial charge >= 0.3 is 0 Å². The molecular weight excluding hydrogens is 274 g/mol.